The highest BCUT2D eigenvalue weighted by Crippen LogP contribution is 2.16. The van der Waals surface area contributed by atoms with Crippen LogP contribution < -0.4 is 0 Å². The summed E-state index contributed by atoms with van der Waals surface area (Å²) in [5, 5.41) is 0. The van der Waals surface area contributed by atoms with E-state index in [0.717, 1.165) is 6.42 Å². The molecule has 1 nitrogen and oxygen atoms in total. The molecule has 2 atom stereocenters. The lowest BCUT2D eigenvalue weighted by Crippen LogP contribution is -2.10. The molecule has 0 N–H and O–H groups in total. The maximum absolute atomic E-state index is 10.5. The Kier molecular flexibility index (Phi) is 5.45. The average molecular weight is 323 g/mol. The minimum atomic E-state index is -0.0631. The molecule has 4 heteroatoms. The number of hydrogen-bond donors (Lipinski definition) is 0. The fraction of sp³-hybridized carbons (Fsp3) is 0.800. The second-order valence-electron chi connectivity index (χ2n) is 1.79. The molecule has 0 saturated heterocycles. The molecule has 0 rings (SSSR count). The van der Waals surface area contributed by atoms with E-state index < -0.39 is 0 Å². The second-order valence-corrected chi connectivity index (χ2v) is 5.24. The Bertz CT molecular complexity index is 102. The highest BCUT2D eigenvalue weighted by molar-refractivity contribution is 9.20. The summed E-state index contributed by atoms with van der Waals surface area (Å²) in [6, 6.07) is 0. The third-order valence-electron chi connectivity index (χ3n) is 0.778. The zero-order valence-electron chi connectivity index (χ0n) is 4.90. The van der Waals surface area contributed by atoms with Gasteiger partial charge < -0.3 is 0 Å². The Hall–Kier alpha value is 1.11. The van der Waals surface area contributed by atoms with Crippen molar-refractivity contribution in [2.75, 3.05) is 0 Å². The fourth-order valence-electron chi connectivity index (χ4n) is 0.378. The predicted octanol–water partition coefficient (Wildman–Crippen LogP) is 2.84. The first-order valence-electron chi connectivity index (χ1n) is 2.51. The summed E-state index contributed by atoms with van der Waals surface area (Å²) < 4.78 is 0.00815. The average Bonchev–Trinajstić information content (AvgIpc) is 1.63. The van der Waals surface area contributed by atoms with Crippen LogP contribution in [0.4, 0.5) is 0 Å². The number of carbonyl (C=O) groups is 1. The molecule has 0 saturated carbocycles. The molecule has 0 amide bonds. The van der Waals surface area contributed by atoms with Crippen LogP contribution in [0.25, 0.3) is 0 Å². The quantitative estimate of drug-likeness (QED) is 0.577. The van der Waals surface area contributed by atoms with Crippen LogP contribution in [0.1, 0.15) is 13.3 Å². The van der Waals surface area contributed by atoms with E-state index >= 15 is 0 Å². The first kappa shape index (κ1) is 10.1. The van der Waals surface area contributed by atoms with E-state index in [9.17, 15) is 4.79 Å². The van der Waals surface area contributed by atoms with Gasteiger partial charge in [0.15, 0.2) is 0 Å². The van der Waals surface area contributed by atoms with Crippen LogP contribution in [-0.4, -0.2) is 14.3 Å². The highest BCUT2D eigenvalue weighted by Gasteiger charge is 2.12. The zero-order chi connectivity index (χ0) is 7.44. The highest BCUT2D eigenvalue weighted by atomic mass is 79.9. The maximum Gasteiger partial charge on any atom is 0.211 e. The first-order chi connectivity index (χ1) is 4.04. The summed E-state index contributed by atoms with van der Waals surface area (Å²) in [5.74, 6) is 0. The lowest BCUT2D eigenvalue weighted by Gasteiger charge is -2.04. The third-order valence-corrected chi connectivity index (χ3v) is 3.11. The second kappa shape index (κ2) is 4.85. The lowest BCUT2D eigenvalue weighted by atomic mass is 10.3. The van der Waals surface area contributed by atoms with Crippen LogP contribution in [0.3, 0.4) is 0 Å². The molecule has 0 fully saturated rings. The monoisotopic (exact) mass is 320 g/mol. The number of rotatable bonds is 3. The normalized spacial score (nSPS) is 16.9. The van der Waals surface area contributed by atoms with E-state index in [2.05, 4.69) is 47.8 Å². The Morgan fingerprint density at radius 2 is 2.00 bits per heavy atom. The van der Waals surface area contributed by atoms with E-state index in [4.69, 9.17) is 0 Å². The van der Waals surface area contributed by atoms with Gasteiger partial charge in [-0.15, -0.1) is 0 Å². The van der Waals surface area contributed by atoms with E-state index in [-0.39, 0.29) is 9.52 Å². The van der Waals surface area contributed by atoms with Crippen molar-refractivity contribution in [1.29, 1.82) is 0 Å². The molecular formula is C5H7Br3O. The van der Waals surface area contributed by atoms with Gasteiger partial charge >= 0.3 is 0 Å². The van der Waals surface area contributed by atoms with Crippen molar-refractivity contribution in [3.05, 3.63) is 0 Å². The topological polar surface area (TPSA) is 17.1 Å². The minimum Gasteiger partial charge on any atom is -0.285 e. The number of hydrogen-bond acceptors (Lipinski definition) is 1. The maximum atomic E-state index is 10.5. The van der Waals surface area contributed by atoms with Crippen molar-refractivity contribution < 1.29 is 4.79 Å². The molecule has 0 radical (unpaired) electrons. The van der Waals surface area contributed by atoms with Crippen LogP contribution >= 0.6 is 47.8 Å². The molecule has 0 aromatic carbocycles. The van der Waals surface area contributed by atoms with Gasteiger partial charge in [0.05, 0.1) is 4.83 Å². The largest absolute Gasteiger partial charge is 0.285 e. The lowest BCUT2D eigenvalue weighted by molar-refractivity contribution is -0.109. The van der Waals surface area contributed by atoms with Crippen LogP contribution in [0.15, 0.2) is 0 Å². The van der Waals surface area contributed by atoms with Crippen molar-refractivity contribution in [2.45, 2.75) is 23.0 Å². The van der Waals surface area contributed by atoms with E-state index in [1.54, 1.807) is 0 Å². The SMILES string of the molecule is CC(Br)CC(Br)C(=O)Br. The fourth-order valence-corrected chi connectivity index (χ4v) is 2.00. The minimum absolute atomic E-state index is 0.00815. The Morgan fingerprint density at radius 1 is 1.56 bits per heavy atom. The Balaban J connectivity index is 3.50. The molecule has 2 unspecified atom stereocenters. The molecule has 0 bridgehead atoms. The number of alkyl halides is 2. The summed E-state index contributed by atoms with van der Waals surface area (Å²) in [6.07, 6.45) is 0.810. The van der Waals surface area contributed by atoms with Crippen molar-refractivity contribution in [3.8, 4) is 0 Å². The number of carbonyl (C=O) groups excluding carboxylic acids is 1. The summed E-state index contributed by atoms with van der Waals surface area (Å²) in [7, 11) is 0. The molecule has 0 aliphatic carbocycles. The molecule has 9 heavy (non-hydrogen) atoms. The molecule has 0 heterocycles. The van der Waals surface area contributed by atoms with Gasteiger partial charge in [0.1, 0.15) is 0 Å². The van der Waals surface area contributed by atoms with Gasteiger partial charge in [-0.3, -0.25) is 4.79 Å². The van der Waals surface area contributed by atoms with Gasteiger partial charge in [-0.05, 0) is 22.4 Å². The zero-order valence-corrected chi connectivity index (χ0v) is 9.66. The Labute approximate surface area is 80.0 Å². The predicted molar refractivity (Wildman–Crippen MR) is 49.7 cm³/mol. The molecule has 0 aliphatic rings. The Morgan fingerprint density at radius 3 is 2.11 bits per heavy atom. The molecule has 0 aliphatic heterocycles. The standard InChI is InChI=1S/C5H7Br3O/c1-3(6)2-4(7)5(8)9/h3-4H,2H2,1H3. The summed E-state index contributed by atoms with van der Waals surface area (Å²) in [5.41, 5.74) is 0. The van der Waals surface area contributed by atoms with E-state index in [1.165, 1.54) is 0 Å². The van der Waals surface area contributed by atoms with Gasteiger partial charge in [-0.2, -0.15) is 0 Å². The van der Waals surface area contributed by atoms with Crippen LogP contribution in [0.5, 0.6) is 0 Å². The van der Waals surface area contributed by atoms with Crippen LogP contribution in [0.2, 0.25) is 0 Å². The van der Waals surface area contributed by atoms with Crippen LogP contribution in [0, 0.1) is 0 Å². The van der Waals surface area contributed by atoms with Gasteiger partial charge in [-0.25, -0.2) is 0 Å². The van der Waals surface area contributed by atoms with Crippen molar-refractivity contribution in [2.24, 2.45) is 0 Å². The smallest absolute Gasteiger partial charge is 0.211 e. The molecule has 54 valence electrons. The number of halogens is 3. The summed E-state index contributed by atoms with van der Waals surface area (Å²) >= 11 is 9.42. The van der Waals surface area contributed by atoms with E-state index in [1.807, 2.05) is 6.92 Å². The van der Waals surface area contributed by atoms with Gasteiger partial charge in [-0.1, -0.05) is 38.8 Å². The molecular weight excluding hydrogens is 316 g/mol. The summed E-state index contributed by atoms with van der Waals surface area (Å²) in [6.45, 7) is 2.00. The van der Waals surface area contributed by atoms with Crippen molar-refractivity contribution in [3.63, 3.8) is 0 Å². The van der Waals surface area contributed by atoms with Crippen molar-refractivity contribution >= 4 is 52.5 Å². The van der Waals surface area contributed by atoms with Gasteiger partial charge in [0.2, 0.25) is 4.69 Å². The first-order valence-corrected chi connectivity index (χ1v) is 5.14. The van der Waals surface area contributed by atoms with Gasteiger partial charge in [0.25, 0.3) is 0 Å². The van der Waals surface area contributed by atoms with Crippen LogP contribution in [-0.2, 0) is 4.79 Å². The summed E-state index contributed by atoms with van der Waals surface area (Å²) in [4.78, 5) is 10.8. The third kappa shape index (κ3) is 5.55. The van der Waals surface area contributed by atoms with E-state index in [0.29, 0.717) is 4.83 Å². The molecule has 0 spiro atoms. The molecule has 0 aromatic heterocycles. The van der Waals surface area contributed by atoms with Gasteiger partial charge in [0, 0.05) is 4.83 Å². The van der Waals surface area contributed by atoms with Crippen molar-refractivity contribution in [1.82, 2.24) is 0 Å². The molecule has 0 aromatic rings.